The highest BCUT2D eigenvalue weighted by Crippen LogP contribution is 2.37. The standard InChI is InChI=1S/C29H29BrN4O5/c1-3-37-24-11-9-23(10-12-24)33-27(35)13-14-28(36)34-32-18-20-15-25(30)29(26(16-20)38-4-2)39-19-22-8-6-5-7-21(22)17-31/h5-12,15-16,18H,3-4,13-14,19H2,1-2H3,(H,33,35)(H,34,36). The quantitative estimate of drug-likeness (QED) is 0.198. The van der Waals surface area contributed by atoms with E-state index in [0.29, 0.717) is 46.0 Å². The number of hydrazone groups is 1. The Hall–Kier alpha value is -4.36. The van der Waals surface area contributed by atoms with Gasteiger partial charge in [-0.05, 0) is 77.8 Å². The van der Waals surface area contributed by atoms with Crippen molar-refractivity contribution in [1.29, 1.82) is 5.26 Å². The van der Waals surface area contributed by atoms with Crippen molar-refractivity contribution in [3.63, 3.8) is 0 Å². The summed E-state index contributed by atoms with van der Waals surface area (Å²) in [5.41, 5.74) is 5.01. The topological polar surface area (TPSA) is 122 Å². The fourth-order valence-corrected chi connectivity index (χ4v) is 4.03. The summed E-state index contributed by atoms with van der Waals surface area (Å²) in [7, 11) is 0. The maximum absolute atomic E-state index is 12.2. The largest absolute Gasteiger partial charge is 0.494 e. The summed E-state index contributed by atoms with van der Waals surface area (Å²) in [6.45, 7) is 4.92. The fourth-order valence-electron chi connectivity index (χ4n) is 3.46. The number of anilines is 1. The Morgan fingerprint density at radius 3 is 2.41 bits per heavy atom. The van der Waals surface area contributed by atoms with Gasteiger partial charge in [0.25, 0.3) is 0 Å². The van der Waals surface area contributed by atoms with E-state index in [2.05, 4.69) is 37.8 Å². The highest BCUT2D eigenvalue weighted by molar-refractivity contribution is 9.10. The average molecular weight is 593 g/mol. The molecule has 2 amide bonds. The highest BCUT2D eigenvalue weighted by atomic mass is 79.9. The van der Waals surface area contributed by atoms with Crippen LogP contribution in [-0.4, -0.2) is 31.2 Å². The lowest BCUT2D eigenvalue weighted by Gasteiger charge is -2.15. The predicted molar refractivity (Wildman–Crippen MR) is 152 cm³/mol. The number of rotatable bonds is 13. The number of nitrogens with zero attached hydrogens (tertiary/aromatic N) is 2. The lowest BCUT2D eigenvalue weighted by molar-refractivity contribution is -0.124. The van der Waals surface area contributed by atoms with Gasteiger partial charge in [-0.15, -0.1) is 0 Å². The van der Waals surface area contributed by atoms with E-state index in [1.54, 1.807) is 48.5 Å². The zero-order chi connectivity index (χ0) is 28.0. The maximum atomic E-state index is 12.2. The summed E-state index contributed by atoms with van der Waals surface area (Å²) < 4.78 is 17.7. The van der Waals surface area contributed by atoms with Gasteiger partial charge in [-0.25, -0.2) is 5.43 Å². The molecule has 3 rings (SSSR count). The van der Waals surface area contributed by atoms with Crippen molar-refractivity contribution in [3.8, 4) is 23.3 Å². The molecule has 0 bridgehead atoms. The van der Waals surface area contributed by atoms with Crippen LogP contribution < -0.4 is 25.0 Å². The van der Waals surface area contributed by atoms with Gasteiger partial charge in [0, 0.05) is 24.1 Å². The third kappa shape index (κ3) is 9.16. The van der Waals surface area contributed by atoms with E-state index >= 15 is 0 Å². The number of carbonyl (C=O) groups is 2. The molecule has 0 aromatic heterocycles. The number of ether oxygens (including phenoxy) is 3. The SMILES string of the molecule is CCOc1ccc(NC(=O)CCC(=O)NN=Cc2cc(Br)c(OCc3ccccc3C#N)c(OCC)c2)cc1. The van der Waals surface area contributed by atoms with Crippen LogP contribution in [0.2, 0.25) is 0 Å². The Labute approximate surface area is 235 Å². The minimum atomic E-state index is -0.395. The van der Waals surface area contributed by atoms with Crippen LogP contribution in [0.25, 0.3) is 0 Å². The maximum Gasteiger partial charge on any atom is 0.240 e. The molecule has 0 heterocycles. The van der Waals surface area contributed by atoms with Gasteiger partial charge < -0.3 is 19.5 Å². The molecular weight excluding hydrogens is 564 g/mol. The van der Waals surface area contributed by atoms with E-state index < -0.39 is 5.91 Å². The third-order valence-corrected chi connectivity index (χ3v) is 5.86. The third-order valence-electron chi connectivity index (χ3n) is 5.27. The number of nitriles is 1. The van der Waals surface area contributed by atoms with Crippen LogP contribution in [-0.2, 0) is 16.2 Å². The zero-order valence-corrected chi connectivity index (χ0v) is 23.3. The van der Waals surface area contributed by atoms with Gasteiger partial charge >= 0.3 is 0 Å². The van der Waals surface area contributed by atoms with Gasteiger partial charge in [0.2, 0.25) is 11.8 Å². The van der Waals surface area contributed by atoms with Gasteiger partial charge in [-0.2, -0.15) is 10.4 Å². The minimum Gasteiger partial charge on any atom is -0.494 e. The van der Waals surface area contributed by atoms with Crippen molar-refractivity contribution in [3.05, 3.63) is 81.8 Å². The molecule has 0 fully saturated rings. The first kappa shape index (κ1) is 29.2. The predicted octanol–water partition coefficient (Wildman–Crippen LogP) is 5.57. The molecule has 10 heteroatoms. The highest BCUT2D eigenvalue weighted by Gasteiger charge is 2.13. The molecule has 0 aliphatic carbocycles. The molecule has 0 saturated carbocycles. The second-order valence-electron chi connectivity index (χ2n) is 8.12. The molecule has 3 aromatic carbocycles. The zero-order valence-electron chi connectivity index (χ0n) is 21.7. The molecule has 202 valence electrons. The van der Waals surface area contributed by atoms with Crippen LogP contribution in [0, 0.1) is 11.3 Å². The molecule has 0 saturated heterocycles. The van der Waals surface area contributed by atoms with E-state index in [9.17, 15) is 14.9 Å². The Balaban J connectivity index is 1.53. The molecule has 2 N–H and O–H groups in total. The molecule has 0 spiro atoms. The minimum absolute atomic E-state index is 0.00949. The van der Waals surface area contributed by atoms with E-state index in [-0.39, 0.29) is 25.4 Å². The van der Waals surface area contributed by atoms with E-state index in [1.807, 2.05) is 26.0 Å². The Morgan fingerprint density at radius 1 is 0.974 bits per heavy atom. The Bertz CT molecular complexity index is 1350. The summed E-state index contributed by atoms with van der Waals surface area (Å²) in [6, 6.07) is 19.9. The first-order chi connectivity index (χ1) is 18.9. The molecule has 3 aromatic rings. The van der Waals surface area contributed by atoms with Crippen LogP contribution in [0.4, 0.5) is 5.69 Å². The van der Waals surface area contributed by atoms with Crippen molar-refractivity contribution >= 4 is 39.6 Å². The molecule has 39 heavy (non-hydrogen) atoms. The Kier molecular flexibility index (Phi) is 11.3. The van der Waals surface area contributed by atoms with Gasteiger partial charge in [-0.1, -0.05) is 18.2 Å². The molecule has 9 nitrogen and oxygen atoms in total. The first-order valence-electron chi connectivity index (χ1n) is 12.3. The van der Waals surface area contributed by atoms with Crippen molar-refractivity contribution in [2.24, 2.45) is 5.10 Å². The van der Waals surface area contributed by atoms with E-state index in [4.69, 9.17) is 14.2 Å². The smallest absolute Gasteiger partial charge is 0.240 e. The van der Waals surface area contributed by atoms with Gasteiger partial charge in [0.05, 0.1) is 35.5 Å². The van der Waals surface area contributed by atoms with Crippen LogP contribution in [0.3, 0.4) is 0 Å². The fraction of sp³-hybridized carbons (Fsp3) is 0.241. The lowest BCUT2D eigenvalue weighted by atomic mass is 10.1. The molecule has 0 aliphatic heterocycles. The van der Waals surface area contributed by atoms with Crippen molar-refractivity contribution in [2.45, 2.75) is 33.3 Å². The number of nitrogens with one attached hydrogen (secondary N) is 2. The number of benzene rings is 3. The number of carbonyl (C=O) groups excluding carboxylic acids is 2. The second-order valence-corrected chi connectivity index (χ2v) is 8.97. The average Bonchev–Trinajstić information content (AvgIpc) is 2.93. The molecule has 0 atom stereocenters. The second kappa shape index (κ2) is 15.1. The van der Waals surface area contributed by atoms with Gasteiger partial charge in [0.1, 0.15) is 12.4 Å². The van der Waals surface area contributed by atoms with E-state index in [0.717, 1.165) is 11.3 Å². The van der Waals surface area contributed by atoms with Crippen molar-refractivity contribution in [2.75, 3.05) is 18.5 Å². The first-order valence-corrected chi connectivity index (χ1v) is 13.1. The van der Waals surface area contributed by atoms with E-state index in [1.165, 1.54) is 6.21 Å². The van der Waals surface area contributed by atoms with Crippen molar-refractivity contribution in [1.82, 2.24) is 5.43 Å². The van der Waals surface area contributed by atoms with Crippen LogP contribution in [0.5, 0.6) is 17.2 Å². The molecule has 0 unspecified atom stereocenters. The number of hydrogen-bond donors (Lipinski definition) is 2. The molecule has 0 aliphatic rings. The molecular formula is C29H29BrN4O5. The summed E-state index contributed by atoms with van der Waals surface area (Å²) >= 11 is 3.51. The number of amides is 2. The van der Waals surface area contributed by atoms with Crippen LogP contribution >= 0.6 is 15.9 Å². The number of halogens is 1. The Morgan fingerprint density at radius 2 is 1.69 bits per heavy atom. The normalized spacial score (nSPS) is 10.5. The monoisotopic (exact) mass is 592 g/mol. The summed E-state index contributed by atoms with van der Waals surface area (Å²) in [5, 5.41) is 16.0. The van der Waals surface area contributed by atoms with Gasteiger partial charge in [-0.3, -0.25) is 9.59 Å². The van der Waals surface area contributed by atoms with Crippen molar-refractivity contribution < 1.29 is 23.8 Å². The van der Waals surface area contributed by atoms with Gasteiger partial charge in [0.15, 0.2) is 11.5 Å². The summed E-state index contributed by atoms with van der Waals surface area (Å²) in [4.78, 5) is 24.3. The summed E-state index contributed by atoms with van der Waals surface area (Å²) in [6.07, 6.45) is 1.46. The van der Waals surface area contributed by atoms with Crippen LogP contribution in [0.15, 0.2) is 70.2 Å². The lowest BCUT2D eigenvalue weighted by Crippen LogP contribution is -2.20. The summed E-state index contributed by atoms with van der Waals surface area (Å²) in [5.74, 6) is 1.02. The molecule has 0 radical (unpaired) electrons. The van der Waals surface area contributed by atoms with Crippen LogP contribution in [0.1, 0.15) is 43.4 Å². The number of hydrogen-bond acceptors (Lipinski definition) is 7.